The van der Waals surface area contributed by atoms with Gasteiger partial charge in [0.1, 0.15) is 0 Å². The van der Waals surface area contributed by atoms with Crippen LogP contribution in [0.1, 0.15) is 17.2 Å². The van der Waals surface area contributed by atoms with Gasteiger partial charge in [0.15, 0.2) is 23.4 Å². The molecule has 0 aliphatic carbocycles. The van der Waals surface area contributed by atoms with E-state index in [0.717, 1.165) is 13.2 Å². The molecule has 16 heavy (non-hydrogen) atoms. The Balaban J connectivity index is 3.30. The Morgan fingerprint density at radius 2 is 2.00 bits per heavy atom. The Morgan fingerprint density at radius 3 is 2.50 bits per heavy atom. The number of carbonyl (C=O) groups excluding carboxylic acids is 1. The third kappa shape index (κ3) is 1.92. The minimum Gasteiger partial charge on any atom is -0.504 e. The molecule has 1 aromatic carbocycles. The number of esters is 1. The summed E-state index contributed by atoms with van der Waals surface area (Å²) >= 11 is 0. The number of hydrogen-bond acceptors (Lipinski definition) is 5. The Hall–Kier alpha value is -1.82. The topological polar surface area (TPSA) is 87.0 Å². The molecule has 0 fully saturated rings. The maximum atomic E-state index is 13.4. The molecule has 6 heteroatoms. The second-order valence-electron chi connectivity index (χ2n) is 3.22. The highest BCUT2D eigenvalue weighted by Crippen LogP contribution is 2.36. The van der Waals surface area contributed by atoms with E-state index in [2.05, 4.69) is 4.74 Å². The maximum Gasteiger partial charge on any atom is 0.339 e. The van der Waals surface area contributed by atoms with Crippen LogP contribution in [0.15, 0.2) is 6.07 Å². The fraction of sp³-hybridized carbons (Fsp3) is 0.300. The molecule has 0 bridgehead atoms. The summed E-state index contributed by atoms with van der Waals surface area (Å²) in [6.45, 7) is 1.39. The van der Waals surface area contributed by atoms with E-state index in [9.17, 15) is 24.5 Å². The standard InChI is InChI=1S/C10H11FO5/c1-4-3-5(8(13)10(15)16-2)6(11)9(14)7(4)12/h3,8,12-14H,1-2H3. The largest absolute Gasteiger partial charge is 0.504 e. The van der Waals surface area contributed by atoms with Gasteiger partial charge in [-0.05, 0) is 18.6 Å². The second kappa shape index (κ2) is 4.36. The van der Waals surface area contributed by atoms with E-state index in [1.54, 1.807) is 0 Å². The number of rotatable bonds is 2. The molecule has 0 radical (unpaired) electrons. The minimum absolute atomic E-state index is 0.136. The maximum absolute atomic E-state index is 13.4. The first-order chi connectivity index (χ1) is 7.40. The van der Waals surface area contributed by atoms with Crippen LogP contribution >= 0.6 is 0 Å². The van der Waals surface area contributed by atoms with Crippen molar-refractivity contribution in [2.24, 2.45) is 0 Å². The van der Waals surface area contributed by atoms with E-state index in [-0.39, 0.29) is 5.56 Å². The number of aryl methyl sites for hydroxylation is 1. The van der Waals surface area contributed by atoms with Gasteiger partial charge in [-0.2, -0.15) is 0 Å². The number of aromatic hydroxyl groups is 2. The van der Waals surface area contributed by atoms with E-state index in [1.807, 2.05) is 0 Å². The van der Waals surface area contributed by atoms with Crippen LogP contribution in [0, 0.1) is 12.7 Å². The quantitative estimate of drug-likeness (QED) is 0.515. The third-order valence-corrected chi connectivity index (χ3v) is 2.15. The molecule has 1 atom stereocenters. The first-order valence-electron chi connectivity index (χ1n) is 4.37. The molecule has 0 spiro atoms. The van der Waals surface area contributed by atoms with Crippen molar-refractivity contribution in [1.29, 1.82) is 0 Å². The summed E-state index contributed by atoms with van der Waals surface area (Å²) in [5, 5.41) is 27.8. The summed E-state index contributed by atoms with van der Waals surface area (Å²) in [7, 11) is 1.04. The van der Waals surface area contributed by atoms with Gasteiger partial charge in [0.2, 0.25) is 0 Å². The lowest BCUT2D eigenvalue weighted by Gasteiger charge is -2.12. The zero-order chi connectivity index (χ0) is 12.5. The Labute approximate surface area is 90.7 Å². The fourth-order valence-electron chi connectivity index (χ4n) is 1.23. The lowest BCUT2D eigenvalue weighted by molar-refractivity contribution is -0.150. The molecule has 0 heterocycles. The highest BCUT2D eigenvalue weighted by atomic mass is 19.1. The van der Waals surface area contributed by atoms with Crippen molar-refractivity contribution in [1.82, 2.24) is 0 Å². The second-order valence-corrected chi connectivity index (χ2v) is 3.22. The lowest BCUT2D eigenvalue weighted by Crippen LogP contribution is -2.15. The molecule has 88 valence electrons. The van der Waals surface area contributed by atoms with Crippen LogP contribution in [0.3, 0.4) is 0 Å². The number of halogens is 1. The third-order valence-electron chi connectivity index (χ3n) is 2.15. The van der Waals surface area contributed by atoms with Gasteiger partial charge in [-0.15, -0.1) is 0 Å². The molecule has 0 saturated carbocycles. The van der Waals surface area contributed by atoms with E-state index < -0.39 is 35.0 Å². The van der Waals surface area contributed by atoms with Crippen molar-refractivity contribution < 1.29 is 29.2 Å². The molecule has 0 aliphatic rings. The number of carbonyl (C=O) groups is 1. The zero-order valence-electron chi connectivity index (χ0n) is 8.69. The zero-order valence-corrected chi connectivity index (χ0v) is 8.69. The van der Waals surface area contributed by atoms with Gasteiger partial charge >= 0.3 is 5.97 Å². The number of phenolic OH excluding ortho intramolecular Hbond substituents is 2. The van der Waals surface area contributed by atoms with Crippen molar-refractivity contribution in [3.05, 3.63) is 23.0 Å². The van der Waals surface area contributed by atoms with E-state index in [0.29, 0.717) is 0 Å². The van der Waals surface area contributed by atoms with Crippen molar-refractivity contribution in [2.45, 2.75) is 13.0 Å². The van der Waals surface area contributed by atoms with Crippen LogP contribution < -0.4 is 0 Å². The van der Waals surface area contributed by atoms with Gasteiger partial charge in [0.05, 0.1) is 7.11 Å². The van der Waals surface area contributed by atoms with E-state index >= 15 is 0 Å². The van der Waals surface area contributed by atoms with Gasteiger partial charge in [-0.25, -0.2) is 9.18 Å². The highest BCUT2D eigenvalue weighted by Gasteiger charge is 2.25. The van der Waals surface area contributed by atoms with Gasteiger partial charge in [0, 0.05) is 5.56 Å². The van der Waals surface area contributed by atoms with Gasteiger partial charge in [0.25, 0.3) is 0 Å². The summed E-state index contributed by atoms with van der Waals surface area (Å²) < 4.78 is 17.6. The number of ether oxygens (including phenoxy) is 1. The monoisotopic (exact) mass is 230 g/mol. The molecular formula is C10H11FO5. The molecule has 0 saturated heterocycles. The minimum atomic E-state index is -1.84. The van der Waals surface area contributed by atoms with Crippen LogP contribution in [0.2, 0.25) is 0 Å². The first-order valence-corrected chi connectivity index (χ1v) is 4.37. The number of benzene rings is 1. The van der Waals surface area contributed by atoms with Crippen LogP contribution in [0.25, 0.3) is 0 Å². The smallest absolute Gasteiger partial charge is 0.339 e. The number of hydrogen-bond donors (Lipinski definition) is 3. The SMILES string of the molecule is COC(=O)C(O)c1cc(C)c(O)c(O)c1F. The van der Waals surface area contributed by atoms with Crippen molar-refractivity contribution in [3.8, 4) is 11.5 Å². The molecule has 1 rings (SSSR count). The number of methoxy groups -OCH3 is 1. The highest BCUT2D eigenvalue weighted by molar-refractivity contribution is 5.76. The number of aliphatic hydroxyl groups excluding tert-OH is 1. The van der Waals surface area contributed by atoms with Crippen molar-refractivity contribution in [3.63, 3.8) is 0 Å². The Morgan fingerprint density at radius 1 is 1.44 bits per heavy atom. The van der Waals surface area contributed by atoms with Crippen molar-refractivity contribution >= 4 is 5.97 Å². The van der Waals surface area contributed by atoms with Gasteiger partial charge in [-0.1, -0.05) is 0 Å². The normalized spacial score (nSPS) is 12.2. The van der Waals surface area contributed by atoms with Crippen LogP contribution in [0.4, 0.5) is 4.39 Å². The average Bonchev–Trinajstić information content (AvgIpc) is 2.29. The average molecular weight is 230 g/mol. The fourth-order valence-corrected chi connectivity index (χ4v) is 1.23. The summed E-state index contributed by atoms with van der Waals surface area (Å²) in [4.78, 5) is 11.0. The van der Waals surface area contributed by atoms with Crippen LogP contribution in [0.5, 0.6) is 11.5 Å². The predicted octanol–water partition coefficient (Wildman–Crippen LogP) is 0.752. The molecule has 0 amide bonds. The summed E-state index contributed by atoms with van der Waals surface area (Å²) in [6.07, 6.45) is -1.84. The summed E-state index contributed by atoms with van der Waals surface area (Å²) in [5.74, 6) is -3.93. The summed E-state index contributed by atoms with van der Waals surface area (Å²) in [6, 6.07) is 1.06. The van der Waals surface area contributed by atoms with Crippen LogP contribution in [-0.2, 0) is 9.53 Å². The van der Waals surface area contributed by atoms with Crippen LogP contribution in [-0.4, -0.2) is 28.4 Å². The molecule has 5 nitrogen and oxygen atoms in total. The predicted molar refractivity (Wildman–Crippen MR) is 51.4 cm³/mol. The Bertz CT molecular complexity index is 430. The van der Waals surface area contributed by atoms with Crippen molar-refractivity contribution in [2.75, 3.05) is 7.11 Å². The van der Waals surface area contributed by atoms with E-state index in [1.165, 1.54) is 6.92 Å². The molecule has 0 aliphatic heterocycles. The molecular weight excluding hydrogens is 219 g/mol. The number of aliphatic hydroxyl groups is 1. The van der Waals surface area contributed by atoms with Gasteiger partial charge < -0.3 is 20.1 Å². The Kier molecular flexibility index (Phi) is 3.34. The molecule has 3 N–H and O–H groups in total. The molecule has 0 aromatic heterocycles. The summed E-state index contributed by atoms with van der Waals surface area (Å²) in [5.41, 5.74) is -0.309. The van der Waals surface area contributed by atoms with Gasteiger partial charge in [-0.3, -0.25) is 0 Å². The molecule has 1 aromatic rings. The number of phenols is 2. The lowest BCUT2D eigenvalue weighted by atomic mass is 10.0. The van der Waals surface area contributed by atoms with E-state index in [4.69, 9.17) is 0 Å². The molecule has 1 unspecified atom stereocenters. The first kappa shape index (κ1) is 12.3.